The van der Waals surface area contributed by atoms with E-state index in [-0.39, 0.29) is 11.1 Å². The van der Waals surface area contributed by atoms with E-state index in [4.69, 9.17) is 11.6 Å². The highest BCUT2D eigenvalue weighted by Crippen LogP contribution is 2.18. The van der Waals surface area contributed by atoms with Gasteiger partial charge in [0.25, 0.3) is 0 Å². The van der Waals surface area contributed by atoms with Crippen molar-refractivity contribution in [2.75, 3.05) is 0 Å². The summed E-state index contributed by atoms with van der Waals surface area (Å²) in [6.45, 7) is 1.54. The molecule has 80 valence electrons. The first-order valence-electron chi connectivity index (χ1n) is 4.77. The predicted octanol–water partition coefficient (Wildman–Crippen LogP) is 3.00. The van der Waals surface area contributed by atoms with Crippen molar-refractivity contribution < 1.29 is 4.79 Å². The summed E-state index contributed by atoms with van der Waals surface area (Å²) in [7, 11) is 0. The normalized spacial score (nSPS) is 10.1. The van der Waals surface area contributed by atoms with Crippen molar-refractivity contribution >= 4 is 17.4 Å². The van der Waals surface area contributed by atoms with Crippen molar-refractivity contribution in [1.29, 1.82) is 0 Å². The standard InChI is InChI=1S/C12H9ClN2O/c1-8(16)9-2-4-10(5-3-9)11-6-7-14-12(13)15-11/h2-7H,1H3. The van der Waals surface area contributed by atoms with Crippen LogP contribution in [0.15, 0.2) is 36.5 Å². The van der Waals surface area contributed by atoms with Gasteiger partial charge < -0.3 is 0 Å². The third kappa shape index (κ3) is 2.25. The van der Waals surface area contributed by atoms with E-state index in [1.54, 1.807) is 24.4 Å². The monoisotopic (exact) mass is 232 g/mol. The van der Waals surface area contributed by atoms with Crippen molar-refractivity contribution in [1.82, 2.24) is 9.97 Å². The molecule has 0 N–H and O–H groups in total. The minimum absolute atomic E-state index is 0.0484. The molecule has 0 bridgehead atoms. The molecule has 2 aromatic rings. The summed E-state index contributed by atoms with van der Waals surface area (Å²) < 4.78 is 0. The zero-order valence-corrected chi connectivity index (χ0v) is 9.40. The van der Waals surface area contributed by atoms with Crippen LogP contribution in [0.5, 0.6) is 0 Å². The zero-order chi connectivity index (χ0) is 11.5. The highest BCUT2D eigenvalue weighted by molar-refractivity contribution is 6.28. The molecule has 3 nitrogen and oxygen atoms in total. The van der Waals surface area contributed by atoms with Crippen LogP contribution in [0.25, 0.3) is 11.3 Å². The zero-order valence-electron chi connectivity index (χ0n) is 8.64. The van der Waals surface area contributed by atoms with E-state index in [0.29, 0.717) is 5.56 Å². The lowest BCUT2D eigenvalue weighted by Crippen LogP contribution is -1.92. The Morgan fingerprint density at radius 1 is 1.19 bits per heavy atom. The number of carbonyl (C=O) groups excluding carboxylic acids is 1. The van der Waals surface area contributed by atoms with Gasteiger partial charge in [0, 0.05) is 17.3 Å². The van der Waals surface area contributed by atoms with Crippen LogP contribution in [0, 0.1) is 0 Å². The maximum atomic E-state index is 11.1. The molecule has 16 heavy (non-hydrogen) atoms. The van der Waals surface area contributed by atoms with E-state index in [0.717, 1.165) is 11.3 Å². The molecule has 0 fully saturated rings. The molecule has 0 radical (unpaired) electrons. The average molecular weight is 233 g/mol. The molecule has 0 spiro atoms. The first-order chi connectivity index (χ1) is 7.66. The lowest BCUT2D eigenvalue weighted by molar-refractivity contribution is 0.101. The van der Waals surface area contributed by atoms with Crippen molar-refractivity contribution in [2.45, 2.75) is 6.92 Å². The van der Waals surface area contributed by atoms with E-state index in [1.165, 1.54) is 6.92 Å². The van der Waals surface area contributed by atoms with Crippen LogP contribution in [0.1, 0.15) is 17.3 Å². The highest BCUT2D eigenvalue weighted by atomic mass is 35.5. The van der Waals surface area contributed by atoms with Gasteiger partial charge >= 0.3 is 0 Å². The molecule has 0 unspecified atom stereocenters. The summed E-state index contributed by atoms with van der Waals surface area (Å²) in [6, 6.07) is 9.00. The lowest BCUT2D eigenvalue weighted by Gasteiger charge is -2.01. The van der Waals surface area contributed by atoms with Gasteiger partial charge in [-0.05, 0) is 24.6 Å². The van der Waals surface area contributed by atoms with E-state index in [9.17, 15) is 4.79 Å². The molecule has 0 saturated heterocycles. The first kappa shape index (κ1) is 10.8. The fourth-order valence-electron chi connectivity index (χ4n) is 1.37. The van der Waals surface area contributed by atoms with Gasteiger partial charge in [-0.25, -0.2) is 9.97 Å². The predicted molar refractivity (Wildman–Crippen MR) is 62.5 cm³/mol. The Balaban J connectivity index is 2.38. The molecule has 0 aliphatic heterocycles. The van der Waals surface area contributed by atoms with E-state index >= 15 is 0 Å². The van der Waals surface area contributed by atoms with Gasteiger partial charge in [-0.1, -0.05) is 24.3 Å². The summed E-state index contributed by atoms with van der Waals surface area (Å²) in [5.41, 5.74) is 2.34. The number of nitrogens with zero attached hydrogens (tertiary/aromatic N) is 2. The molecule has 2 rings (SSSR count). The summed E-state index contributed by atoms with van der Waals surface area (Å²) in [5.74, 6) is 0.0484. The Bertz CT molecular complexity index is 523. The van der Waals surface area contributed by atoms with Crippen LogP contribution in [0.4, 0.5) is 0 Å². The molecule has 1 aromatic carbocycles. The molecule has 0 aliphatic carbocycles. The smallest absolute Gasteiger partial charge is 0.222 e. The number of Topliss-reactive ketones (excluding diaryl/α,β-unsaturated/α-hetero) is 1. The molecular weight excluding hydrogens is 224 g/mol. The fraction of sp³-hybridized carbons (Fsp3) is 0.0833. The van der Waals surface area contributed by atoms with E-state index < -0.39 is 0 Å². The van der Waals surface area contributed by atoms with Gasteiger partial charge in [-0.15, -0.1) is 0 Å². The maximum absolute atomic E-state index is 11.1. The molecular formula is C12H9ClN2O. The molecule has 0 saturated carbocycles. The highest BCUT2D eigenvalue weighted by Gasteiger charge is 2.02. The van der Waals surface area contributed by atoms with Crippen LogP contribution in [-0.4, -0.2) is 15.8 Å². The summed E-state index contributed by atoms with van der Waals surface area (Å²) >= 11 is 5.70. The van der Waals surface area contributed by atoms with Gasteiger partial charge in [0.05, 0.1) is 5.69 Å². The maximum Gasteiger partial charge on any atom is 0.222 e. The van der Waals surface area contributed by atoms with E-state index in [1.807, 2.05) is 12.1 Å². The Labute approximate surface area is 98.1 Å². The number of hydrogen-bond acceptors (Lipinski definition) is 3. The second kappa shape index (κ2) is 4.41. The fourth-order valence-corrected chi connectivity index (χ4v) is 1.52. The molecule has 1 aromatic heterocycles. The van der Waals surface area contributed by atoms with E-state index in [2.05, 4.69) is 9.97 Å². The van der Waals surface area contributed by atoms with Crippen molar-refractivity contribution in [3.8, 4) is 11.3 Å². The summed E-state index contributed by atoms with van der Waals surface area (Å²) in [5, 5.41) is 0.216. The number of hydrogen-bond donors (Lipinski definition) is 0. The van der Waals surface area contributed by atoms with Gasteiger partial charge in [0.1, 0.15) is 0 Å². The SMILES string of the molecule is CC(=O)c1ccc(-c2ccnc(Cl)n2)cc1. The number of aromatic nitrogens is 2. The third-order valence-electron chi connectivity index (χ3n) is 2.21. The average Bonchev–Trinajstić information content (AvgIpc) is 2.29. The molecule has 4 heteroatoms. The van der Waals surface area contributed by atoms with Gasteiger partial charge in [-0.3, -0.25) is 4.79 Å². The van der Waals surface area contributed by atoms with Crippen molar-refractivity contribution in [3.05, 3.63) is 47.4 Å². The molecule has 0 amide bonds. The Kier molecular flexibility index (Phi) is 2.97. The number of ketones is 1. The second-order valence-corrected chi connectivity index (χ2v) is 3.68. The number of rotatable bonds is 2. The number of carbonyl (C=O) groups is 1. The van der Waals surface area contributed by atoms with Crippen molar-refractivity contribution in [3.63, 3.8) is 0 Å². The third-order valence-corrected chi connectivity index (χ3v) is 2.40. The molecule has 0 aliphatic rings. The molecule has 0 atom stereocenters. The van der Waals surface area contributed by atoms with Crippen LogP contribution < -0.4 is 0 Å². The van der Waals surface area contributed by atoms with Crippen molar-refractivity contribution in [2.24, 2.45) is 0 Å². The van der Waals surface area contributed by atoms with Crippen LogP contribution in [-0.2, 0) is 0 Å². The van der Waals surface area contributed by atoms with Gasteiger partial charge in [-0.2, -0.15) is 0 Å². The Morgan fingerprint density at radius 3 is 2.44 bits per heavy atom. The topological polar surface area (TPSA) is 42.9 Å². The molecule has 1 heterocycles. The number of benzene rings is 1. The minimum atomic E-state index is 0.0484. The van der Waals surface area contributed by atoms with Gasteiger partial charge in [0.15, 0.2) is 5.78 Å². The van der Waals surface area contributed by atoms with Crippen LogP contribution >= 0.6 is 11.6 Å². The first-order valence-corrected chi connectivity index (χ1v) is 5.14. The lowest BCUT2D eigenvalue weighted by atomic mass is 10.1. The number of halogens is 1. The minimum Gasteiger partial charge on any atom is -0.295 e. The van der Waals surface area contributed by atoms with Crippen LogP contribution in [0.2, 0.25) is 5.28 Å². The van der Waals surface area contributed by atoms with Crippen LogP contribution in [0.3, 0.4) is 0 Å². The van der Waals surface area contributed by atoms with Gasteiger partial charge in [0.2, 0.25) is 5.28 Å². The summed E-state index contributed by atoms with van der Waals surface area (Å²) in [6.07, 6.45) is 1.60. The Hall–Kier alpha value is -1.74. The quantitative estimate of drug-likeness (QED) is 0.591. The Morgan fingerprint density at radius 2 is 1.88 bits per heavy atom. The second-order valence-electron chi connectivity index (χ2n) is 3.34. The summed E-state index contributed by atoms with van der Waals surface area (Å²) in [4.78, 5) is 19.0. The largest absolute Gasteiger partial charge is 0.295 e.